The van der Waals surface area contributed by atoms with Gasteiger partial charge in [0.1, 0.15) is 0 Å². The van der Waals surface area contributed by atoms with E-state index < -0.39 is 0 Å². The second kappa shape index (κ2) is 3.73. The quantitative estimate of drug-likeness (QED) is 0.761. The van der Waals surface area contributed by atoms with E-state index in [2.05, 4.69) is 10.2 Å². The van der Waals surface area contributed by atoms with Crippen LogP contribution < -0.4 is 0 Å². The summed E-state index contributed by atoms with van der Waals surface area (Å²) in [5, 5.41) is 7.92. The average Bonchev–Trinajstić information content (AvgIpc) is 2.60. The Kier molecular flexibility index (Phi) is 2.41. The van der Waals surface area contributed by atoms with Crippen molar-refractivity contribution >= 4 is 16.9 Å². The van der Waals surface area contributed by atoms with Crippen molar-refractivity contribution in [1.29, 1.82) is 0 Å². The van der Waals surface area contributed by atoms with E-state index in [9.17, 15) is 4.79 Å². The van der Waals surface area contributed by atoms with Gasteiger partial charge < -0.3 is 4.74 Å². The third-order valence-corrected chi connectivity index (χ3v) is 2.26. The molecule has 1 N–H and O–H groups in total. The summed E-state index contributed by atoms with van der Waals surface area (Å²) in [6, 6.07) is 5.33. The number of nitrogens with one attached hydrogen (secondary N) is 1. The highest BCUT2D eigenvalue weighted by molar-refractivity contribution is 5.95. The molecule has 15 heavy (non-hydrogen) atoms. The van der Waals surface area contributed by atoms with Gasteiger partial charge in [0.2, 0.25) is 0 Å². The number of benzene rings is 1. The minimum atomic E-state index is -0.292. The molecular formula is C11H12N2O2. The average molecular weight is 204 g/mol. The number of rotatable bonds is 2. The highest BCUT2D eigenvalue weighted by Gasteiger charge is 2.09. The van der Waals surface area contributed by atoms with Gasteiger partial charge in [-0.2, -0.15) is 5.10 Å². The molecule has 4 heteroatoms. The molecule has 0 radical (unpaired) electrons. The van der Waals surface area contributed by atoms with Crippen molar-refractivity contribution in [1.82, 2.24) is 10.2 Å². The Morgan fingerprint density at radius 1 is 1.53 bits per heavy atom. The van der Waals surface area contributed by atoms with Gasteiger partial charge in [-0.05, 0) is 32.0 Å². The van der Waals surface area contributed by atoms with Crippen molar-refractivity contribution in [3.05, 3.63) is 29.5 Å². The van der Waals surface area contributed by atoms with Crippen LogP contribution in [0.4, 0.5) is 0 Å². The number of esters is 1. The van der Waals surface area contributed by atoms with Crippen LogP contribution in [0.1, 0.15) is 23.0 Å². The summed E-state index contributed by atoms with van der Waals surface area (Å²) in [5.74, 6) is -0.292. The molecule has 0 atom stereocenters. The monoisotopic (exact) mass is 204 g/mol. The molecular weight excluding hydrogens is 192 g/mol. The van der Waals surface area contributed by atoms with Gasteiger partial charge in [0.25, 0.3) is 0 Å². The summed E-state index contributed by atoms with van der Waals surface area (Å²) in [4.78, 5) is 11.5. The zero-order valence-corrected chi connectivity index (χ0v) is 8.70. The maximum atomic E-state index is 11.5. The molecule has 0 aliphatic rings. The van der Waals surface area contributed by atoms with Crippen LogP contribution in [-0.4, -0.2) is 22.8 Å². The SMILES string of the molecule is CCOC(=O)c1ccc2n[nH]c(C)c2c1. The van der Waals surface area contributed by atoms with Crippen LogP contribution in [0.3, 0.4) is 0 Å². The van der Waals surface area contributed by atoms with Crippen LogP contribution in [0.5, 0.6) is 0 Å². The highest BCUT2D eigenvalue weighted by Crippen LogP contribution is 2.17. The molecule has 2 rings (SSSR count). The lowest BCUT2D eigenvalue weighted by Crippen LogP contribution is -2.04. The standard InChI is InChI=1S/C11H12N2O2/c1-3-15-11(14)8-4-5-10-9(6-8)7(2)12-13-10/h4-6H,3H2,1-2H3,(H,12,13). The molecule has 0 unspecified atom stereocenters. The first kappa shape index (κ1) is 9.71. The first-order valence-electron chi connectivity index (χ1n) is 4.84. The second-order valence-electron chi connectivity index (χ2n) is 3.30. The largest absolute Gasteiger partial charge is 0.462 e. The Hall–Kier alpha value is -1.84. The number of carbonyl (C=O) groups excluding carboxylic acids is 1. The summed E-state index contributed by atoms with van der Waals surface area (Å²) in [6.45, 7) is 4.10. The lowest BCUT2D eigenvalue weighted by Gasteiger charge is -2.01. The molecule has 0 spiro atoms. The van der Waals surface area contributed by atoms with Crippen LogP contribution in [0.25, 0.3) is 10.9 Å². The second-order valence-corrected chi connectivity index (χ2v) is 3.30. The van der Waals surface area contributed by atoms with Gasteiger partial charge in [0.15, 0.2) is 0 Å². The summed E-state index contributed by atoms with van der Waals surface area (Å²) < 4.78 is 4.92. The number of nitrogens with zero attached hydrogens (tertiary/aromatic N) is 1. The molecule has 0 saturated carbocycles. The summed E-state index contributed by atoms with van der Waals surface area (Å²) in [6.07, 6.45) is 0. The van der Waals surface area contributed by atoms with E-state index in [4.69, 9.17) is 4.74 Å². The number of H-pyrrole nitrogens is 1. The van der Waals surface area contributed by atoms with Crippen LogP contribution >= 0.6 is 0 Å². The van der Waals surface area contributed by atoms with Crippen LogP contribution in [0.15, 0.2) is 18.2 Å². The minimum absolute atomic E-state index is 0.292. The predicted octanol–water partition coefficient (Wildman–Crippen LogP) is 2.05. The van der Waals surface area contributed by atoms with Gasteiger partial charge >= 0.3 is 5.97 Å². The van der Waals surface area contributed by atoms with Crippen LogP contribution in [-0.2, 0) is 4.74 Å². The first-order chi connectivity index (χ1) is 7.22. The van der Waals surface area contributed by atoms with Crippen molar-refractivity contribution in [3.8, 4) is 0 Å². The van der Waals surface area contributed by atoms with Crippen LogP contribution in [0, 0.1) is 6.92 Å². The van der Waals surface area contributed by atoms with Crippen molar-refractivity contribution in [2.45, 2.75) is 13.8 Å². The lowest BCUT2D eigenvalue weighted by molar-refractivity contribution is 0.0526. The number of aromatic nitrogens is 2. The summed E-state index contributed by atoms with van der Waals surface area (Å²) >= 11 is 0. The molecule has 0 aliphatic carbocycles. The zero-order valence-electron chi connectivity index (χ0n) is 8.70. The number of fused-ring (bicyclic) bond motifs is 1. The van der Waals surface area contributed by atoms with Gasteiger partial charge in [-0.15, -0.1) is 0 Å². The maximum Gasteiger partial charge on any atom is 0.338 e. The summed E-state index contributed by atoms with van der Waals surface area (Å²) in [7, 11) is 0. The smallest absolute Gasteiger partial charge is 0.338 e. The lowest BCUT2D eigenvalue weighted by atomic mass is 10.1. The van der Waals surface area contributed by atoms with Gasteiger partial charge in [-0.3, -0.25) is 5.10 Å². The molecule has 0 bridgehead atoms. The Bertz CT molecular complexity index is 502. The number of carbonyl (C=O) groups is 1. The Morgan fingerprint density at radius 3 is 3.07 bits per heavy atom. The number of aromatic amines is 1. The molecule has 0 saturated heterocycles. The van der Waals surface area contributed by atoms with Gasteiger partial charge in [-0.25, -0.2) is 4.79 Å². The number of hydrogen-bond donors (Lipinski definition) is 1. The number of aryl methyl sites for hydroxylation is 1. The van der Waals surface area contributed by atoms with Crippen LogP contribution in [0.2, 0.25) is 0 Å². The van der Waals surface area contributed by atoms with Crippen molar-refractivity contribution in [2.24, 2.45) is 0 Å². The van der Waals surface area contributed by atoms with E-state index >= 15 is 0 Å². The van der Waals surface area contributed by atoms with Gasteiger partial charge in [0.05, 0.1) is 17.7 Å². The van der Waals surface area contributed by atoms with E-state index in [1.807, 2.05) is 13.0 Å². The fourth-order valence-corrected chi connectivity index (χ4v) is 1.48. The molecule has 4 nitrogen and oxygen atoms in total. The Morgan fingerprint density at radius 2 is 2.33 bits per heavy atom. The van der Waals surface area contributed by atoms with Crippen molar-refractivity contribution in [2.75, 3.05) is 6.61 Å². The predicted molar refractivity (Wildman–Crippen MR) is 56.8 cm³/mol. The van der Waals surface area contributed by atoms with E-state index in [1.165, 1.54) is 0 Å². The minimum Gasteiger partial charge on any atom is -0.462 e. The molecule has 78 valence electrons. The Balaban J connectivity index is 2.45. The first-order valence-corrected chi connectivity index (χ1v) is 4.84. The molecule has 0 aliphatic heterocycles. The normalized spacial score (nSPS) is 10.5. The number of ether oxygens (including phenoxy) is 1. The van der Waals surface area contributed by atoms with E-state index in [0.717, 1.165) is 16.6 Å². The number of hydrogen-bond acceptors (Lipinski definition) is 3. The van der Waals surface area contributed by atoms with Crippen molar-refractivity contribution < 1.29 is 9.53 Å². The maximum absolute atomic E-state index is 11.5. The van der Waals surface area contributed by atoms with Gasteiger partial charge in [0, 0.05) is 11.1 Å². The topological polar surface area (TPSA) is 55.0 Å². The van der Waals surface area contributed by atoms with E-state index in [-0.39, 0.29) is 5.97 Å². The molecule has 1 aromatic carbocycles. The highest BCUT2D eigenvalue weighted by atomic mass is 16.5. The molecule has 2 aromatic rings. The van der Waals surface area contributed by atoms with E-state index in [0.29, 0.717) is 12.2 Å². The van der Waals surface area contributed by atoms with Gasteiger partial charge in [-0.1, -0.05) is 0 Å². The third-order valence-electron chi connectivity index (χ3n) is 2.26. The Labute approximate surface area is 87.2 Å². The molecule has 0 fully saturated rings. The van der Waals surface area contributed by atoms with Crippen molar-refractivity contribution in [3.63, 3.8) is 0 Å². The fraction of sp³-hybridized carbons (Fsp3) is 0.273. The summed E-state index contributed by atoms with van der Waals surface area (Å²) in [5.41, 5.74) is 2.38. The third kappa shape index (κ3) is 1.70. The molecule has 1 aromatic heterocycles. The molecule has 1 heterocycles. The van der Waals surface area contributed by atoms with E-state index in [1.54, 1.807) is 19.1 Å². The zero-order chi connectivity index (χ0) is 10.8. The fourth-order valence-electron chi connectivity index (χ4n) is 1.48. The molecule has 0 amide bonds.